The minimum absolute atomic E-state index is 0.285. The van der Waals surface area contributed by atoms with E-state index in [2.05, 4.69) is 22.3 Å². The van der Waals surface area contributed by atoms with E-state index in [9.17, 15) is 10.4 Å². The monoisotopic (exact) mass is 405 g/mol. The fraction of sp³-hybridized carbons (Fsp3) is 0.238. The second-order valence-electron chi connectivity index (χ2n) is 6.80. The van der Waals surface area contributed by atoms with Crippen molar-refractivity contribution in [3.05, 3.63) is 64.0 Å². The molecule has 1 aliphatic rings. The Hall–Kier alpha value is -3.39. The second kappa shape index (κ2) is 7.56. The summed E-state index contributed by atoms with van der Waals surface area (Å²) < 4.78 is 5.88. The molecule has 0 radical (unpaired) electrons. The number of hydrogen-bond acceptors (Lipinski definition) is 7. The zero-order valence-corrected chi connectivity index (χ0v) is 16.3. The lowest BCUT2D eigenvalue weighted by molar-refractivity contribution is 0.146. The molecule has 0 bridgehead atoms. The van der Waals surface area contributed by atoms with E-state index < -0.39 is 12.1 Å². The van der Waals surface area contributed by atoms with Crippen LogP contribution in [0.3, 0.4) is 0 Å². The Labute approximate surface area is 172 Å². The number of aliphatic hydroxyl groups excluding tert-OH is 1. The van der Waals surface area contributed by atoms with Crippen LogP contribution in [0.2, 0.25) is 5.02 Å². The van der Waals surface area contributed by atoms with Crippen molar-refractivity contribution >= 4 is 17.3 Å². The highest BCUT2D eigenvalue weighted by molar-refractivity contribution is 6.33. The maximum absolute atomic E-state index is 10.5. The van der Waals surface area contributed by atoms with Crippen molar-refractivity contribution in [2.24, 2.45) is 0 Å². The highest BCUT2D eigenvalue weighted by Gasteiger charge is 2.35. The molecule has 0 spiro atoms. The molecule has 7 nitrogen and oxygen atoms in total. The average molecular weight is 406 g/mol. The van der Waals surface area contributed by atoms with Crippen molar-refractivity contribution < 1.29 is 9.52 Å². The van der Waals surface area contributed by atoms with Gasteiger partial charge in [-0.05, 0) is 55.3 Å². The van der Waals surface area contributed by atoms with Gasteiger partial charge in [0.15, 0.2) is 0 Å². The van der Waals surface area contributed by atoms with Crippen LogP contribution < -0.4 is 4.90 Å². The largest absolute Gasteiger partial charge is 0.418 e. The minimum atomic E-state index is -0.787. The van der Waals surface area contributed by atoms with Crippen LogP contribution in [0.4, 0.5) is 5.69 Å². The molecule has 1 aliphatic heterocycles. The lowest BCUT2D eigenvalue weighted by Gasteiger charge is -2.29. The minimum Gasteiger partial charge on any atom is -0.418 e. The van der Waals surface area contributed by atoms with Crippen molar-refractivity contribution in [2.75, 3.05) is 11.4 Å². The number of fused-ring (bicyclic) bond motifs is 1. The topological polar surface area (TPSA) is 110 Å². The predicted octanol–water partition coefficient (Wildman–Crippen LogP) is 3.62. The van der Waals surface area contributed by atoms with Gasteiger partial charge in [0.2, 0.25) is 11.8 Å². The number of aliphatic hydroxyl groups is 1. The van der Waals surface area contributed by atoms with E-state index in [0.29, 0.717) is 40.6 Å². The summed E-state index contributed by atoms with van der Waals surface area (Å²) in [4.78, 5) is 1.98. The summed E-state index contributed by atoms with van der Waals surface area (Å²) >= 11 is 6.37. The van der Waals surface area contributed by atoms with Gasteiger partial charge in [0.1, 0.15) is 12.1 Å². The van der Waals surface area contributed by atoms with Gasteiger partial charge >= 0.3 is 0 Å². The normalized spacial score (nSPS) is 14.7. The SMILES string of the molecule is C[C@H](O)[C@H](c1nnc(-c2ccc(C#N)cc2)o1)N1CCc2c1ccc(C#N)c2Cl. The Morgan fingerprint density at radius 2 is 1.90 bits per heavy atom. The molecule has 144 valence electrons. The van der Waals surface area contributed by atoms with Gasteiger partial charge in [-0.15, -0.1) is 10.2 Å². The molecule has 29 heavy (non-hydrogen) atoms. The highest BCUT2D eigenvalue weighted by Crippen LogP contribution is 2.41. The Balaban J connectivity index is 1.69. The Bertz CT molecular complexity index is 1140. The maximum Gasteiger partial charge on any atom is 0.247 e. The molecule has 2 aromatic carbocycles. The first kappa shape index (κ1) is 18.9. The number of aromatic nitrogens is 2. The molecule has 0 saturated carbocycles. The van der Waals surface area contributed by atoms with E-state index in [-0.39, 0.29) is 5.89 Å². The zero-order chi connectivity index (χ0) is 20.5. The standard InChI is InChI=1S/C21H16ClN5O2/c1-12(28)19(27-9-8-16-17(27)7-6-15(11-24)18(16)22)21-26-25-20(29-21)14-4-2-13(10-23)3-5-14/h2-7,12,19,28H,8-9H2,1H3/t12-,19+/m0/s1. The molecule has 0 unspecified atom stereocenters. The third kappa shape index (κ3) is 3.31. The molecule has 0 saturated heterocycles. The van der Waals surface area contributed by atoms with Crippen molar-refractivity contribution in [3.8, 4) is 23.6 Å². The number of nitrogens with zero attached hydrogens (tertiary/aromatic N) is 5. The summed E-state index contributed by atoms with van der Waals surface area (Å²) in [6, 6.07) is 13.9. The van der Waals surface area contributed by atoms with Crippen LogP contribution in [-0.2, 0) is 6.42 Å². The van der Waals surface area contributed by atoms with Crippen molar-refractivity contribution in [3.63, 3.8) is 0 Å². The quantitative estimate of drug-likeness (QED) is 0.705. The fourth-order valence-corrected chi connectivity index (χ4v) is 3.90. The van der Waals surface area contributed by atoms with Crippen molar-refractivity contribution in [1.29, 1.82) is 10.5 Å². The van der Waals surface area contributed by atoms with Crippen LogP contribution in [0.1, 0.15) is 35.5 Å². The van der Waals surface area contributed by atoms with Crippen LogP contribution >= 0.6 is 11.6 Å². The number of anilines is 1. The lowest BCUT2D eigenvalue weighted by atomic mass is 10.1. The van der Waals surface area contributed by atoms with Gasteiger partial charge in [0.25, 0.3) is 0 Å². The maximum atomic E-state index is 10.5. The molecule has 3 aromatic rings. The van der Waals surface area contributed by atoms with Crippen LogP contribution in [-0.4, -0.2) is 28.0 Å². The highest BCUT2D eigenvalue weighted by atomic mass is 35.5. The summed E-state index contributed by atoms with van der Waals surface area (Å²) in [5.74, 6) is 0.597. The van der Waals surface area contributed by atoms with Gasteiger partial charge in [-0.25, -0.2) is 0 Å². The van der Waals surface area contributed by atoms with Crippen LogP contribution in [0, 0.1) is 22.7 Å². The molecule has 0 amide bonds. The smallest absolute Gasteiger partial charge is 0.247 e. The first-order valence-corrected chi connectivity index (χ1v) is 9.41. The van der Waals surface area contributed by atoms with E-state index in [1.807, 2.05) is 11.0 Å². The summed E-state index contributed by atoms with van der Waals surface area (Å²) in [7, 11) is 0. The Morgan fingerprint density at radius 3 is 2.55 bits per heavy atom. The van der Waals surface area contributed by atoms with Gasteiger partial charge < -0.3 is 14.4 Å². The van der Waals surface area contributed by atoms with Gasteiger partial charge in [-0.1, -0.05) is 11.6 Å². The summed E-state index contributed by atoms with van der Waals surface area (Å²) in [5.41, 5.74) is 3.39. The molecule has 1 N–H and O–H groups in total. The summed E-state index contributed by atoms with van der Waals surface area (Å²) in [6.07, 6.45) is -0.131. The lowest BCUT2D eigenvalue weighted by Crippen LogP contribution is -2.34. The number of hydrogen-bond donors (Lipinski definition) is 1. The molecule has 1 aromatic heterocycles. The third-order valence-corrected chi connectivity index (χ3v) is 5.43. The van der Waals surface area contributed by atoms with Crippen molar-refractivity contribution in [2.45, 2.75) is 25.5 Å². The molecule has 4 rings (SSSR count). The second-order valence-corrected chi connectivity index (χ2v) is 7.18. The fourth-order valence-electron chi connectivity index (χ4n) is 3.60. The van der Waals surface area contributed by atoms with Gasteiger partial charge in [0.05, 0.1) is 28.3 Å². The Morgan fingerprint density at radius 1 is 1.14 bits per heavy atom. The van der Waals surface area contributed by atoms with E-state index in [0.717, 1.165) is 11.3 Å². The van der Waals surface area contributed by atoms with Crippen molar-refractivity contribution in [1.82, 2.24) is 10.2 Å². The van der Waals surface area contributed by atoms with E-state index >= 15 is 0 Å². The van der Waals surface area contributed by atoms with E-state index in [1.54, 1.807) is 37.3 Å². The van der Waals surface area contributed by atoms with Gasteiger partial charge in [-0.3, -0.25) is 0 Å². The first-order chi connectivity index (χ1) is 14.0. The molecule has 2 heterocycles. The van der Waals surface area contributed by atoms with E-state index in [4.69, 9.17) is 21.3 Å². The summed E-state index contributed by atoms with van der Waals surface area (Å²) in [5, 5.41) is 37.3. The number of rotatable bonds is 4. The first-order valence-electron chi connectivity index (χ1n) is 9.03. The third-order valence-electron chi connectivity index (χ3n) is 5.00. The summed E-state index contributed by atoms with van der Waals surface area (Å²) in [6.45, 7) is 2.27. The molecular formula is C21H16ClN5O2. The Kier molecular flexibility index (Phi) is 4.94. The zero-order valence-electron chi connectivity index (χ0n) is 15.5. The van der Waals surface area contributed by atoms with E-state index in [1.165, 1.54) is 0 Å². The van der Waals surface area contributed by atoms with Crippen LogP contribution in [0.15, 0.2) is 40.8 Å². The van der Waals surface area contributed by atoms with Crippen LogP contribution in [0.25, 0.3) is 11.5 Å². The molecule has 2 atom stereocenters. The molecule has 8 heteroatoms. The number of nitriles is 2. The molecule has 0 aliphatic carbocycles. The van der Waals surface area contributed by atoms with Gasteiger partial charge in [0, 0.05) is 17.8 Å². The van der Waals surface area contributed by atoms with Crippen LogP contribution in [0.5, 0.6) is 0 Å². The predicted molar refractivity (Wildman–Crippen MR) is 106 cm³/mol. The van der Waals surface area contributed by atoms with Gasteiger partial charge in [-0.2, -0.15) is 10.5 Å². The average Bonchev–Trinajstić information content (AvgIpc) is 3.37. The number of halogens is 1. The molecule has 0 fully saturated rings. The molecular weight excluding hydrogens is 390 g/mol. The number of benzene rings is 2.